The molecule has 0 atom stereocenters. The predicted octanol–water partition coefficient (Wildman–Crippen LogP) is 4.09. The van der Waals surface area contributed by atoms with Gasteiger partial charge < -0.3 is 19.7 Å². The van der Waals surface area contributed by atoms with Crippen LogP contribution in [0.3, 0.4) is 0 Å². The van der Waals surface area contributed by atoms with Gasteiger partial charge in [-0.05, 0) is 31.0 Å². The third-order valence-corrected chi connectivity index (χ3v) is 8.22. The standard InChI is InChI=1S/C26H36N6O2S/c1-33-23-11-10-20(24(17-23)34-2)18-27-19-22-9-6-12-32(22)26-29-28-25(35-26)31-15-13-30(14-16-31)21-7-4-3-5-8-21/h6,9-12,17,21,27H,3-5,7-8,13-16,18-19H2,1-2H3. The number of rotatable bonds is 9. The van der Waals surface area contributed by atoms with E-state index < -0.39 is 0 Å². The van der Waals surface area contributed by atoms with Crippen LogP contribution in [0.1, 0.15) is 43.4 Å². The van der Waals surface area contributed by atoms with Gasteiger partial charge in [0.1, 0.15) is 11.5 Å². The summed E-state index contributed by atoms with van der Waals surface area (Å²) in [6.45, 7) is 5.76. The van der Waals surface area contributed by atoms with Crippen molar-refractivity contribution in [3.05, 3.63) is 47.8 Å². The number of methoxy groups -OCH3 is 2. The lowest BCUT2D eigenvalue weighted by Gasteiger charge is -2.40. The number of benzene rings is 1. The van der Waals surface area contributed by atoms with Crippen molar-refractivity contribution in [2.75, 3.05) is 45.3 Å². The molecule has 3 aromatic rings. The Hall–Kier alpha value is -2.62. The molecular weight excluding hydrogens is 460 g/mol. The quantitative estimate of drug-likeness (QED) is 0.479. The van der Waals surface area contributed by atoms with Gasteiger partial charge in [0.05, 0.1) is 14.2 Å². The molecule has 1 aliphatic carbocycles. The smallest absolute Gasteiger partial charge is 0.218 e. The number of aromatic nitrogens is 3. The van der Waals surface area contributed by atoms with Crippen LogP contribution < -0.4 is 19.7 Å². The van der Waals surface area contributed by atoms with E-state index in [1.165, 1.54) is 32.1 Å². The summed E-state index contributed by atoms with van der Waals surface area (Å²) in [6.07, 6.45) is 9.02. The first kappa shape index (κ1) is 24.1. The van der Waals surface area contributed by atoms with Crippen molar-refractivity contribution >= 4 is 16.5 Å². The number of nitrogens with one attached hydrogen (secondary N) is 1. The van der Waals surface area contributed by atoms with Crippen molar-refractivity contribution in [1.29, 1.82) is 0 Å². The molecule has 5 rings (SSSR count). The lowest BCUT2D eigenvalue weighted by atomic mass is 9.94. The van der Waals surface area contributed by atoms with E-state index in [1.807, 2.05) is 18.2 Å². The third kappa shape index (κ3) is 5.63. The Bertz CT molecular complexity index is 1090. The first-order valence-electron chi connectivity index (χ1n) is 12.7. The molecule has 1 aliphatic heterocycles. The molecule has 0 unspecified atom stereocenters. The van der Waals surface area contributed by atoms with E-state index in [0.717, 1.165) is 71.8 Å². The van der Waals surface area contributed by atoms with E-state index in [-0.39, 0.29) is 0 Å². The van der Waals surface area contributed by atoms with Crippen molar-refractivity contribution in [3.8, 4) is 16.6 Å². The highest BCUT2D eigenvalue weighted by molar-refractivity contribution is 7.17. The summed E-state index contributed by atoms with van der Waals surface area (Å²) in [5.41, 5.74) is 2.25. The fourth-order valence-electron chi connectivity index (χ4n) is 5.23. The average molecular weight is 497 g/mol. The molecule has 1 N–H and O–H groups in total. The van der Waals surface area contributed by atoms with Gasteiger partial charge in [0, 0.05) is 68.8 Å². The Kier molecular flexibility index (Phi) is 7.85. The van der Waals surface area contributed by atoms with Crippen LogP contribution in [0.5, 0.6) is 11.5 Å². The van der Waals surface area contributed by atoms with Gasteiger partial charge in [0.2, 0.25) is 10.3 Å². The van der Waals surface area contributed by atoms with Crippen LogP contribution in [-0.4, -0.2) is 66.1 Å². The number of nitrogens with zero attached hydrogens (tertiary/aromatic N) is 5. The van der Waals surface area contributed by atoms with Crippen LogP contribution in [0.4, 0.5) is 5.13 Å². The normalized spacial score (nSPS) is 17.6. The van der Waals surface area contributed by atoms with E-state index in [2.05, 4.69) is 48.2 Å². The Morgan fingerprint density at radius 1 is 0.943 bits per heavy atom. The Morgan fingerprint density at radius 3 is 2.51 bits per heavy atom. The summed E-state index contributed by atoms with van der Waals surface area (Å²) in [5, 5.41) is 14.6. The molecule has 1 saturated heterocycles. The summed E-state index contributed by atoms with van der Waals surface area (Å²) >= 11 is 1.67. The highest BCUT2D eigenvalue weighted by atomic mass is 32.1. The summed E-state index contributed by atoms with van der Waals surface area (Å²) in [7, 11) is 3.35. The predicted molar refractivity (Wildman–Crippen MR) is 140 cm³/mol. The van der Waals surface area contributed by atoms with Gasteiger partial charge in [-0.15, -0.1) is 10.2 Å². The second-order valence-corrected chi connectivity index (χ2v) is 10.3. The summed E-state index contributed by atoms with van der Waals surface area (Å²) in [5.74, 6) is 1.62. The van der Waals surface area contributed by atoms with Gasteiger partial charge in [-0.2, -0.15) is 0 Å². The fourth-order valence-corrected chi connectivity index (χ4v) is 6.14. The second-order valence-electron chi connectivity index (χ2n) is 9.33. The van der Waals surface area contributed by atoms with E-state index in [4.69, 9.17) is 9.47 Å². The van der Waals surface area contributed by atoms with Crippen LogP contribution in [-0.2, 0) is 13.1 Å². The van der Waals surface area contributed by atoms with Crippen LogP contribution >= 0.6 is 11.3 Å². The molecule has 8 nitrogen and oxygen atoms in total. The van der Waals surface area contributed by atoms with Crippen molar-refractivity contribution < 1.29 is 9.47 Å². The van der Waals surface area contributed by atoms with E-state index in [9.17, 15) is 0 Å². The molecule has 2 aromatic heterocycles. The Labute approximate surface area is 211 Å². The first-order chi connectivity index (χ1) is 17.2. The van der Waals surface area contributed by atoms with Gasteiger partial charge in [-0.3, -0.25) is 9.47 Å². The molecule has 0 radical (unpaired) electrons. The molecule has 0 spiro atoms. The molecule has 0 bridgehead atoms. The van der Waals surface area contributed by atoms with Crippen LogP contribution in [0.25, 0.3) is 5.13 Å². The molecule has 1 aromatic carbocycles. The van der Waals surface area contributed by atoms with Crippen molar-refractivity contribution in [1.82, 2.24) is 25.0 Å². The maximum Gasteiger partial charge on any atom is 0.218 e. The maximum absolute atomic E-state index is 5.52. The highest BCUT2D eigenvalue weighted by Crippen LogP contribution is 2.28. The molecule has 1 saturated carbocycles. The molecule has 3 heterocycles. The Morgan fingerprint density at radius 2 is 1.74 bits per heavy atom. The largest absolute Gasteiger partial charge is 0.497 e. The zero-order valence-corrected chi connectivity index (χ0v) is 21.6. The molecular formula is C26H36N6O2S. The van der Waals surface area contributed by atoms with Gasteiger partial charge in [-0.25, -0.2) is 0 Å². The third-order valence-electron chi connectivity index (χ3n) is 7.23. The van der Waals surface area contributed by atoms with Crippen LogP contribution in [0.15, 0.2) is 36.5 Å². The lowest BCUT2D eigenvalue weighted by Crippen LogP contribution is -2.50. The van der Waals surface area contributed by atoms with Gasteiger partial charge in [0.15, 0.2) is 0 Å². The molecule has 35 heavy (non-hydrogen) atoms. The number of hydrogen-bond donors (Lipinski definition) is 1. The zero-order valence-electron chi connectivity index (χ0n) is 20.8. The number of ether oxygens (including phenoxy) is 2. The maximum atomic E-state index is 5.52. The monoisotopic (exact) mass is 496 g/mol. The number of hydrogen-bond acceptors (Lipinski definition) is 8. The summed E-state index contributed by atoms with van der Waals surface area (Å²) in [4.78, 5) is 5.10. The zero-order chi connectivity index (χ0) is 24.0. The minimum absolute atomic E-state index is 0.699. The van der Waals surface area contributed by atoms with Gasteiger partial charge >= 0.3 is 0 Å². The van der Waals surface area contributed by atoms with Gasteiger partial charge in [-0.1, -0.05) is 36.7 Å². The SMILES string of the molecule is COc1ccc(CNCc2cccn2-c2nnc(N3CCN(C4CCCCC4)CC3)s2)c(OC)c1. The molecule has 9 heteroatoms. The van der Waals surface area contributed by atoms with Crippen molar-refractivity contribution in [2.45, 2.75) is 51.2 Å². The number of piperazine rings is 1. The first-order valence-corrected chi connectivity index (χ1v) is 13.5. The second kappa shape index (κ2) is 11.4. The van der Waals surface area contributed by atoms with Crippen molar-refractivity contribution in [2.24, 2.45) is 0 Å². The van der Waals surface area contributed by atoms with E-state index in [1.54, 1.807) is 25.6 Å². The topological polar surface area (TPSA) is 67.7 Å². The molecule has 2 fully saturated rings. The van der Waals surface area contributed by atoms with Crippen molar-refractivity contribution in [3.63, 3.8) is 0 Å². The lowest BCUT2D eigenvalue weighted by molar-refractivity contribution is 0.148. The van der Waals surface area contributed by atoms with E-state index in [0.29, 0.717) is 6.54 Å². The minimum atomic E-state index is 0.699. The van der Waals surface area contributed by atoms with Crippen LogP contribution in [0, 0.1) is 0 Å². The number of anilines is 1. The van der Waals surface area contributed by atoms with E-state index >= 15 is 0 Å². The van der Waals surface area contributed by atoms with Gasteiger partial charge in [0.25, 0.3) is 0 Å². The molecule has 2 aliphatic rings. The Balaban J connectivity index is 1.17. The summed E-state index contributed by atoms with van der Waals surface area (Å²) < 4.78 is 13.0. The molecule has 188 valence electrons. The molecule has 0 amide bonds. The van der Waals surface area contributed by atoms with Crippen LogP contribution in [0.2, 0.25) is 0 Å². The fraction of sp³-hybridized carbons (Fsp3) is 0.538. The summed E-state index contributed by atoms with van der Waals surface area (Å²) in [6, 6.07) is 10.9. The average Bonchev–Trinajstić information content (AvgIpc) is 3.59. The minimum Gasteiger partial charge on any atom is -0.497 e. The highest BCUT2D eigenvalue weighted by Gasteiger charge is 2.26.